The number of carbonyl (C=O) groups excluding carboxylic acids is 1. The second-order valence-electron chi connectivity index (χ2n) is 5.54. The molecular formula is C18H19FN2O2. The number of carbonyl (C=O) groups is 1. The van der Waals surface area contributed by atoms with E-state index in [1.165, 1.54) is 12.1 Å². The second kappa shape index (κ2) is 6.69. The van der Waals surface area contributed by atoms with Gasteiger partial charge in [-0.15, -0.1) is 0 Å². The molecule has 0 spiro atoms. The number of amides is 1. The number of methoxy groups -OCH3 is 1. The Hall–Kier alpha value is -2.56. The molecule has 1 N–H and O–H groups in total. The highest BCUT2D eigenvalue weighted by Gasteiger charge is 2.18. The van der Waals surface area contributed by atoms with Crippen LogP contribution in [0.5, 0.6) is 5.75 Å². The molecule has 1 amide bonds. The second-order valence-corrected chi connectivity index (χ2v) is 5.54. The number of hydrogen-bond acceptors (Lipinski definition) is 3. The van der Waals surface area contributed by atoms with Crippen LogP contribution in [-0.4, -0.2) is 26.1 Å². The number of nitrogens with one attached hydrogen (secondary N) is 1. The minimum atomic E-state index is -0.367. The summed E-state index contributed by atoms with van der Waals surface area (Å²) >= 11 is 0. The Morgan fingerprint density at radius 1 is 1.17 bits per heavy atom. The van der Waals surface area contributed by atoms with Gasteiger partial charge < -0.3 is 15.0 Å². The van der Waals surface area contributed by atoms with Crippen molar-refractivity contribution in [1.29, 1.82) is 0 Å². The first-order valence-corrected chi connectivity index (χ1v) is 7.67. The van der Waals surface area contributed by atoms with E-state index in [9.17, 15) is 9.18 Å². The monoisotopic (exact) mass is 314 g/mol. The Kier molecular flexibility index (Phi) is 4.46. The van der Waals surface area contributed by atoms with Crippen LogP contribution in [0.25, 0.3) is 0 Å². The van der Waals surface area contributed by atoms with Crippen LogP contribution in [0, 0.1) is 5.82 Å². The first-order chi connectivity index (χ1) is 11.2. The molecule has 0 atom stereocenters. The molecule has 120 valence electrons. The number of hydrogen-bond donors (Lipinski definition) is 1. The van der Waals surface area contributed by atoms with Crippen LogP contribution in [0.4, 0.5) is 15.8 Å². The molecule has 1 saturated heterocycles. The van der Waals surface area contributed by atoms with Crippen molar-refractivity contribution in [3.63, 3.8) is 0 Å². The molecule has 2 aromatic rings. The zero-order chi connectivity index (χ0) is 16.2. The Morgan fingerprint density at radius 3 is 2.70 bits per heavy atom. The Labute approximate surface area is 134 Å². The zero-order valence-corrected chi connectivity index (χ0v) is 13.0. The standard InChI is InChI=1S/C18H19FN2O2/c1-23-15-6-4-5-13(11-15)18(22)20-16-12-14(19)7-8-17(16)21-9-2-3-10-21/h4-8,11-12H,2-3,9-10H2,1H3,(H,20,22). The maximum atomic E-state index is 13.6. The molecule has 3 rings (SSSR count). The van der Waals surface area contributed by atoms with Crippen molar-refractivity contribution in [2.45, 2.75) is 12.8 Å². The first kappa shape index (κ1) is 15.3. The fourth-order valence-corrected chi connectivity index (χ4v) is 2.80. The maximum Gasteiger partial charge on any atom is 0.255 e. The van der Waals surface area contributed by atoms with E-state index in [1.807, 2.05) is 0 Å². The molecule has 0 bridgehead atoms. The van der Waals surface area contributed by atoms with Gasteiger partial charge in [0.1, 0.15) is 11.6 Å². The summed E-state index contributed by atoms with van der Waals surface area (Å²) < 4.78 is 18.7. The Bertz CT molecular complexity index is 712. The third kappa shape index (κ3) is 3.44. The molecule has 2 aromatic carbocycles. The van der Waals surface area contributed by atoms with Crippen LogP contribution in [-0.2, 0) is 0 Å². The number of anilines is 2. The van der Waals surface area contributed by atoms with Crippen LogP contribution in [0.15, 0.2) is 42.5 Å². The van der Waals surface area contributed by atoms with Crippen LogP contribution >= 0.6 is 0 Å². The molecule has 1 aliphatic rings. The average Bonchev–Trinajstić information content (AvgIpc) is 3.09. The van der Waals surface area contributed by atoms with E-state index in [1.54, 1.807) is 37.4 Å². The van der Waals surface area contributed by atoms with Gasteiger partial charge in [-0.2, -0.15) is 0 Å². The van der Waals surface area contributed by atoms with Crippen molar-refractivity contribution in [2.24, 2.45) is 0 Å². The van der Waals surface area contributed by atoms with Gasteiger partial charge >= 0.3 is 0 Å². The average molecular weight is 314 g/mol. The van der Waals surface area contributed by atoms with Gasteiger partial charge in [-0.25, -0.2) is 4.39 Å². The minimum absolute atomic E-state index is 0.282. The van der Waals surface area contributed by atoms with Gasteiger partial charge in [-0.3, -0.25) is 4.79 Å². The normalized spacial score (nSPS) is 13.9. The predicted molar refractivity (Wildman–Crippen MR) is 88.8 cm³/mol. The van der Waals surface area contributed by atoms with Crippen LogP contribution in [0.2, 0.25) is 0 Å². The molecule has 0 saturated carbocycles. The smallest absolute Gasteiger partial charge is 0.255 e. The molecular weight excluding hydrogens is 295 g/mol. The summed E-state index contributed by atoms with van der Waals surface area (Å²) in [6, 6.07) is 11.4. The van der Waals surface area contributed by atoms with Gasteiger partial charge in [0, 0.05) is 18.7 Å². The highest BCUT2D eigenvalue weighted by Crippen LogP contribution is 2.30. The third-order valence-corrected chi connectivity index (χ3v) is 3.99. The van der Waals surface area contributed by atoms with Crippen molar-refractivity contribution in [2.75, 3.05) is 30.4 Å². The molecule has 4 nitrogen and oxygen atoms in total. The van der Waals surface area contributed by atoms with Gasteiger partial charge in [-0.1, -0.05) is 6.07 Å². The fraction of sp³-hybridized carbons (Fsp3) is 0.278. The first-order valence-electron chi connectivity index (χ1n) is 7.67. The lowest BCUT2D eigenvalue weighted by Gasteiger charge is -2.21. The van der Waals surface area contributed by atoms with Gasteiger partial charge in [0.05, 0.1) is 18.5 Å². The van der Waals surface area contributed by atoms with Gasteiger partial charge in [-0.05, 0) is 49.2 Å². The van der Waals surface area contributed by atoms with Gasteiger partial charge in [0.15, 0.2) is 0 Å². The van der Waals surface area contributed by atoms with E-state index in [-0.39, 0.29) is 11.7 Å². The van der Waals surface area contributed by atoms with E-state index in [0.717, 1.165) is 31.6 Å². The number of rotatable bonds is 4. The lowest BCUT2D eigenvalue weighted by molar-refractivity contribution is 0.102. The van der Waals surface area contributed by atoms with E-state index in [2.05, 4.69) is 10.2 Å². The van der Waals surface area contributed by atoms with Crippen molar-refractivity contribution in [3.05, 3.63) is 53.8 Å². The molecule has 0 unspecified atom stereocenters. The summed E-state index contributed by atoms with van der Waals surface area (Å²) in [4.78, 5) is 14.6. The molecule has 0 aliphatic carbocycles. The molecule has 1 aliphatic heterocycles. The van der Waals surface area contributed by atoms with Gasteiger partial charge in [0.2, 0.25) is 0 Å². The van der Waals surface area contributed by atoms with E-state index in [4.69, 9.17) is 4.74 Å². The number of halogens is 1. The SMILES string of the molecule is COc1cccc(C(=O)Nc2cc(F)ccc2N2CCCC2)c1. The van der Waals surface area contributed by atoms with Crippen LogP contribution in [0.1, 0.15) is 23.2 Å². The highest BCUT2D eigenvalue weighted by atomic mass is 19.1. The van der Waals surface area contributed by atoms with E-state index >= 15 is 0 Å². The zero-order valence-electron chi connectivity index (χ0n) is 13.0. The maximum absolute atomic E-state index is 13.6. The lowest BCUT2D eigenvalue weighted by atomic mass is 10.2. The summed E-state index contributed by atoms with van der Waals surface area (Å²) in [6.45, 7) is 1.85. The van der Waals surface area contributed by atoms with Gasteiger partial charge in [0.25, 0.3) is 5.91 Å². The Balaban J connectivity index is 1.86. The van der Waals surface area contributed by atoms with Crippen molar-refractivity contribution in [1.82, 2.24) is 0 Å². The molecule has 23 heavy (non-hydrogen) atoms. The minimum Gasteiger partial charge on any atom is -0.497 e. The lowest BCUT2D eigenvalue weighted by Crippen LogP contribution is -2.21. The van der Waals surface area contributed by atoms with Crippen molar-refractivity contribution in [3.8, 4) is 5.75 Å². The summed E-state index contributed by atoms with van der Waals surface area (Å²) in [5.41, 5.74) is 1.83. The quantitative estimate of drug-likeness (QED) is 0.936. The summed E-state index contributed by atoms with van der Waals surface area (Å²) in [6.07, 6.45) is 2.22. The topological polar surface area (TPSA) is 41.6 Å². The number of ether oxygens (including phenoxy) is 1. The third-order valence-electron chi connectivity index (χ3n) is 3.99. The largest absolute Gasteiger partial charge is 0.497 e. The summed E-state index contributed by atoms with van der Waals surface area (Å²) in [7, 11) is 1.55. The van der Waals surface area contributed by atoms with E-state index in [0.29, 0.717) is 17.0 Å². The van der Waals surface area contributed by atoms with Crippen molar-refractivity contribution >= 4 is 17.3 Å². The molecule has 0 radical (unpaired) electrons. The van der Waals surface area contributed by atoms with Crippen LogP contribution in [0.3, 0.4) is 0 Å². The molecule has 1 fully saturated rings. The molecule has 0 aromatic heterocycles. The number of nitrogens with zero attached hydrogens (tertiary/aromatic N) is 1. The fourth-order valence-electron chi connectivity index (χ4n) is 2.80. The molecule has 5 heteroatoms. The summed E-state index contributed by atoms with van der Waals surface area (Å²) in [5.74, 6) is -0.0412. The van der Waals surface area contributed by atoms with E-state index < -0.39 is 0 Å². The van der Waals surface area contributed by atoms with Crippen LogP contribution < -0.4 is 15.0 Å². The predicted octanol–water partition coefficient (Wildman–Crippen LogP) is 3.69. The summed E-state index contributed by atoms with van der Waals surface area (Å²) in [5, 5.41) is 2.82. The molecule has 1 heterocycles. The van der Waals surface area contributed by atoms with Crippen molar-refractivity contribution < 1.29 is 13.9 Å². The highest BCUT2D eigenvalue weighted by molar-refractivity contribution is 6.06. The number of benzene rings is 2. The Morgan fingerprint density at radius 2 is 1.96 bits per heavy atom.